The summed E-state index contributed by atoms with van der Waals surface area (Å²) >= 11 is 0. The number of hydrogen-bond acceptors (Lipinski definition) is 1. The topological polar surface area (TPSA) is 17.1 Å². The zero-order chi connectivity index (χ0) is 10.6. The van der Waals surface area contributed by atoms with Crippen molar-refractivity contribution in [3.05, 3.63) is 54.2 Å². The Bertz CT molecular complexity index is 303. The second-order valence-corrected chi connectivity index (χ2v) is 3.25. The Morgan fingerprint density at radius 3 is 1.83 bits per heavy atom. The van der Waals surface area contributed by atoms with Gasteiger partial charge in [-0.2, -0.15) is 19.1 Å². The maximum absolute atomic E-state index is 11.2. The Balaban J connectivity index is -0.000000245. The van der Waals surface area contributed by atoms with E-state index in [1.807, 2.05) is 50.6 Å². The van der Waals surface area contributed by atoms with E-state index >= 15 is 0 Å². The number of hydrogen-bond donors (Lipinski definition) is 0. The molecule has 1 rings (SSSR count). The minimum atomic E-state index is 0. The first-order valence-electron chi connectivity index (χ1n) is 4.73. The van der Waals surface area contributed by atoms with Crippen molar-refractivity contribution in [3.8, 4) is 0 Å². The van der Waals surface area contributed by atoms with Gasteiger partial charge in [0.05, 0.1) is 0 Å². The van der Waals surface area contributed by atoms with Gasteiger partial charge in [-0.15, -0.1) is 12.1 Å². The molecule has 18 heavy (non-hydrogen) atoms. The number of rotatable bonds is 4. The van der Waals surface area contributed by atoms with Gasteiger partial charge in [0.25, 0.3) is 0 Å². The molecule has 0 amide bonds. The number of carbonyl (C=O) groups excluding carboxylic acids is 1. The molecule has 5 heteroatoms. The third kappa shape index (κ3) is 9.89. The van der Waals surface area contributed by atoms with Crippen LogP contribution in [0.1, 0.15) is 26.3 Å². The SMILES string of the molecule is C[CH-][C-](c1ccccc1)[C-](C)C(C)=O.[Y].[Y].[Y].[Y]. The molecule has 0 aliphatic heterocycles. The van der Waals surface area contributed by atoms with E-state index in [0.717, 1.165) is 17.4 Å². The van der Waals surface area contributed by atoms with Crippen LogP contribution >= 0.6 is 0 Å². The van der Waals surface area contributed by atoms with E-state index in [4.69, 9.17) is 0 Å². The van der Waals surface area contributed by atoms with Crippen molar-refractivity contribution in [2.45, 2.75) is 20.8 Å². The predicted molar refractivity (Wildman–Crippen MR) is 58.4 cm³/mol. The standard InChI is InChI=1S/C13H15O.4Y/c1-4-13(10(2)11(3)14)12-8-6-5-7-9-12;;;;/h4-9H,1-3H3;;;;/q-3;;;;. The summed E-state index contributed by atoms with van der Waals surface area (Å²) in [6.45, 7) is 5.42. The maximum atomic E-state index is 11.2. The first-order chi connectivity index (χ1) is 6.66. The average molecular weight is 543 g/mol. The van der Waals surface area contributed by atoms with Crippen LogP contribution in [0.15, 0.2) is 30.3 Å². The Morgan fingerprint density at radius 2 is 1.50 bits per heavy atom. The van der Waals surface area contributed by atoms with E-state index in [0.29, 0.717) is 0 Å². The summed E-state index contributed by atoms with van der Waals surface area (Å²) in [6, 6.07) is 9.96. The molecule has 0 atom stereocenters. The van der Waals surface area contributed by atoms with Crippen LogP contribution in [0.2, 0.25) is 0 Å². The van der Waals surface area contributed by atoms with Crippen molar-refractivity contribution in [3.63, 3.8) is 0 Å². The van der Waals surface area contributed by atoms with Crippen LogP contribution in [-0.4, -0.2) is 5.78 Å². The van der Waals surface area contributed by atoms with Gasteiger partial charge >= 0.3 is 0 Å². The molecule has 0 fully saturated rings. The molecule has 0 heterocycles. The van der Waals surface area contributed by atoms with Crippen molar-refractivity contribution in [2.75, 3.05) is 0 Å². The van der Waals surface area contributed by atoms with Gasteiger partial charge in [0.2, 0.25) is 0 Å². The molecular weight excluding hydrogens is 528 g/mol. The van der Waals surface area contributed by atoms with Crippen LogP contribution in [0.5, 0.6) is 0 Å². The molecule has 1 aromatic rings. The summed E-state index contributed by atoms with van der Waals surface area (Å²) in [4.78, 5) is 11.2. The third-order valence-electron chi connectivity index (χ3n) is 2.31. The number of Topliss-reactive ketones (excluding diaryl/α,β-unsaturated/α-hetero) is 1. The van der Waals surface area contributed by atoms with Crippen LogP contribution in [0.4, 0.5) is 0 Å². The largest absolute Gasteiger partial charge is 0.463 e. The Morgan fingerprint density at radius 1 is 1.06 bits per heavy atom. The van der Waals surface area contributed by atoms with Gasteiger partial charge in [0.15, 0.2) is 0 Å². The van der Waals surface area contributed by atoms with Gasteiger partial charge in [-0.05, 0) is 12.7 Å². The Labute approximate surface area is 212 Å². The van der Waals surface area contributed by atoms with Crippen molar-refractivity contribution < 1.29 is 136 Å². The Hall–Kier alpha value is 3.05. The molecule has 0 unspecified atom stereocenters. The third-order valence-corrected chi connectivity index (χ3v) is 2.31. The molecule has 0 saturated heterocycles. The van der Waals surface area contributed by atoms with Crippen LogP contribution < -0.4 is 0 Å². The van der Waals surface area contributed by atoms with Gasteiger partial charge in [-0.1, -0.05) is 6.07 Å². The summed E-state index contributed by atoms with van der Waals surface area (Å²) in [5, 5.41) is 0. The molecular formula is C13H15OY4-3. The fourth-order valence-corrected chi connectivity index (χ4v) is 1.41. The molecule has 0 spiro atoms. The zero-order valence-corrected chi connectivity index (χ0v) is 22.5. The van der Waals surface area contributed by atoms with Crippen molar-refractivity contribution in [2.24, 2.45) is 0 Å². The van der Waals surface area contributed by atoms with Crippen molar-refractivity contribution in [1.82, 2.24) is 0 Å². The normalized spacial score (nSPS) is 7.50. The van der Waals surface area contributed by atoms with Crippen LogP contribution in [0.3, 0.4) is 0 Å². The van der Waals surface area contributed by atoms with Crippen LogP contribution in [0.25, 0.3) is 0 Å². The monoisotopic (exact) mass is 543 g/mol. The van der Waals surface area contributed by atoms with Crippen molar-refractivity contribution >= 4 is 5.78 Å². The van der Waals surface area contributed by atoms with Crippen LogP contribution in [-0.2, 0) is 136 Å². The number of ketones is 1. The summed E-state index contributed by atoms with van der Waals surface area (Å²) < 4.78 is 0. The van der Waals surface area contributed by atoms with E-state index in [1.165, 1.54) is 0 Å². The van der Waals surface area contributed by atoms with Gasteiger partial charge < -0.3 is 23.1 Å². The quantitative estimate of drug-likeness (QED) is 0.535. The summed E-state index contributed by atoms with van der Waals surface area (Å²) in [5.74, 6) is 1.97. The predicted octanol–water partition coefficient (Wildman–Crippen LogP) is 3.01. The van der Waals surface area contributed by atoms with Gasteiger partial charge in [-0.25, -0.2) is 12.5 Å². The maximum Gasteiger partial charge on any atom is 0 e. The average Bonchev–Trinajstić information content (AvgIpc) is 2.20. The first kappa shape index (κ1) is 29.1. The van der Waals surface area contributed by atoms with E-state index in [2.05, 4.69) is 0 Å². The summed E-state index contributed by atoms with van der Waals surface area (Å²) in [6.07, 6.45) is 1.98. The fraction of sp³-hybridized carbons (Fsp3) is 0.231. The molecule has 0 bridgehead atoms. The first-order valence-corrected chi connectivity index (χ1v) is 4.73. The molecule has 0 aliphatic rings. The van der Waals surface area contributed by atoms with E-state index < -0.39 is 0 Å². The summed E-state index contributed by atoms with van der Waals surface area (Å²) in [5.41, 5.74) is 1.10. The summed E-state index contributed by atoms with van der Waals surface area (Å²) in [7, 11) is 0. The Kier molecular flexibility index (Phi) is 26.5. The van der Waals surface area contributed by atoms with E-state index in [1.54, 1.807) is 6.92 Å². The smallest absolute Gasteiger partial charge is 0 e. The molecule has 0 saturated carbocycles. The van der Waals surface area contributed by atoms with Crippen LogP contribution in [0, 0.1) is 18.3 Å². The molecule has 0 N–H and O–H groups in total. The zero-order valence-electron chi connectivity index (χ0n) is 11.2. The van der Waals surface area contributed by atoms with Gasteiger partial charge in [-0.3, -0.25) is 0 Å². The fourth-order valence-electron chi connectivity index (χ4n) is 1.41. The number of carbonyl (C=O) groups is 1. The molecule has 0 aliphatic carbocycles. The second-order valence-electron chi connectivity index (χ2n) is 3.25. The van der Waals surface area contributed by atoms with E-state index in [9.17, 15) is 4.79 Å². The molecule has 88 valence electrons. The second kappa shape index (κ2) is 16.4. The molecule has 1 aromatic carbocycles. The van der Waals surface area contributed by atoms with Gasteiger partial charge in [0.1, 0.15) is 0 Å². The molecule has 4 radical (unpaired) electrons. The molecule has 1 nitrogen and oxygen atoms in total. The number of benzene rings is 1. The van der Waals surface area contributed by atoms with E-state index in [-0.39, 0.29) is 137 Å². The van der Waals surface area contributed by atoms with Gasteiger partial charge in [0, 0.05) is 131 Å². The van der Waals surface area contributed by atoms with Crippen molar-refractivity contribution in [1.29, 1.82) is 0 Å². The molecule has 0 aromatic heterocycles. The minimum absolute atomic E-state index is 0. The minimum Gasteiger partial charge on any atom is -0.463 e.